The lowest BCUT2D eigenvalue weighted by atomic mass is 9.80. The topological polar surface area (TPSA) is 109 Å². The van der Waals surface area contributed by atoms with Gasteiger partial charge in [-0.05, 0) is 55.7 Å². The van der Waals surface area contributed by atoms with Gasteiger partial charge in [0.25, 0.3) is 5.91 Å². The van der Waals surface area contributed by atoms with Crippen LogP contribution in [0.25, 0.3) is 11.0 Å². The van der Waals surface area contributed by atoms with Gasteiger partial charge in [0.2, 0.25) is 5.91 Å². The minimum atomic E-state index is -1.07. The number of piperidine rings is 1. The summed E-state index contributed by atoms with van der Waals surface area (Å²) in [6.45, 7) is 0.763. The van der Waals surface area contributed by atoms with Crippen LogP contribution in [-0.4, -0.2) is 48.6 Å². The number of nitrogens with one attached hydrogen (secondary N) is 2. The highest BCUT2D eigenvalue weighted by Crippen LogP contribution is 2.30. The predicted octanol–water partition coefficient (Wildman–Crippen LogP) is 3.64. The smallest absolute Gasteiger partial charge is 0.287 e. The van der Waals surface area contributed by atoms with Crippen LogP contribution in [0.4, 0.5) is 5.69 Å². The molecule has 1 aromatic heterocycles. The molecule has 1 saturated heterocycles. The van der Waals surface area contributed by atoms with E-state index in [9.17, 15) is 19.2 Å². The van der Waals surface area contributed by atoms with Gasteiger partial charge in [0.05, 0.1) is 12.6 Å². The SMILES string of the molecule is O=Cc1ccc(N2CCC(NC(=O)C3(NC(=O)c4cc5ccccc5o4)CCCCC3)C(=O)C2)cc1. The summed E-state index contributed by atoms with van der Waals surface area (Å²) < 4.78 is 5.71. The summed E-state index contributed by atoms with van der Waals surface area (Å²) in [6.07, 6.45) is 4.91. The molecular formula is C28H29N3O5. The number of para-hydroxylation sites is 1. The molecule has 1 saturated carbocycles. The molecule has 2 heterocycles. The molecule has 2 aliphatic rings. The van der Waals surface area contributed by atoms with Crippen molar-refractivity contribution in [2.24, 2.45) is 0 Å². The largest absolute Gasteiger partial charge is 0.451 e. The lowest BCUT2D eigenvalue weighted by Crippen LogP contribution is -2.63. The first-order chi connectivity index (χ1) is 17.5. The molecular weight excluding hydrogens is 458 g/mol. The number of hydrogen-bond acceptors (Lipinski definition) is 6. The fourth-order valence-electron chi connectivity index (χ4n) is 5.19. The van der Waals surface area contributed by atoms with Crippen molar-refractivity contribution in [2.45, 2.75) is 50.1 Å². The monoisotopic (exact) mass is 487 g/mol. The van der Waals surface area contributed by atoms with Gasteiger partial charge in [-0.3, -0.25) is 19.2 Å². The van der Waals surface area contributed by atoms with Gasteiger partial charge < -0.3 is 20.0 Å². The van der Waals surface area contributed by atoms with Gasteiger partial charge in [-0.2, -0.15) is 0 Å². The second-order valence-electron chi connectivity index (χ2n) is 9.66. The highest BCUT2D eigenvalue weighted by atomic mass is 16.3. The predicted molar refractivity (Wildman–Crippen MR) is 135 cm³/mol. The van der Waals surface area contributed by atoms with E-state index in [4.69, 9.17) is 4.42 Å². The minimum Gasteiger partial charge on any atom is -0.451 e. The van der Waals surface area contributed by atoms with Crippen molar-refractivity contribution in [2.75, 3.05) is 18.0 Å². The summed E-state index contributed by atoms with van der Waals surface area (Å²) in [5.74, 6) is -0.653. The molecule has 8 heteroatoms. The van der Waals surface area contributed by atoms with E-state index in [2.05, 4.69) is 10.6 Å². The van der Waals surface area contributed by atoms with Crippen molar-refractivity contribution in [3.8, 4) is 0 Å². The molecule has 1 atom stereocenters. The zero-order valence-electron chi connectivity index (χ0n) is 20.0. The molecule has 1 aliphatic carbocycles. The zero-order valence-corrected chi connectivity index (χ0v) is 20.0. The van der Waals surface area contributed by atoms with E-state index in [0.29, 0.717) is 37.0 Å². The molecule has 2 fully saturated rings. The number of amides is 2. The van der Waals surface area contributed by atoms with Crippen LogP contribution in [-0.2, 0) is 9.59 Å². The van der Waals surface area contributed by atoms with Gasteiger partial charge in [-0.1, -0.05) is 37.5 Å². The molecule has 0 bridgehead atoms. The Balaban J connectivity index is 1.27. The first-order valence-electron chi connectivity index (χ1n) is 12.4. The maximum Gasteiger partial charge on any atom is 0.287 e. The molecule has 0 radical (unpaired) electrons. The maximum atomic E-state index is 13.5. The van der Waals surface area contributed by atoms with Crippen molar-refractivity contribution in [3.63, 3.8) is 0 Å². The second kappa shape index (κ2) is 9.97. The average Bonchev–Trinajstić information content (AvgIpc) is 3.35. The molecule has 5 rings (SSSR count). The normalized spacial score (nSPS) is 19.6. The van der Waals surface area contributed by atoms with Crippen LogP contribution in [0.5, 0.6) is 0 Å². The van der Waals surface area contributed by atoms with Crippen molar-refractivity contribution in [1.29, 1.82) is 0 Å². The van der Waals surface area contributed by atoms with Gasteiger partial charge in [0.15, 0.2) is 11.5 Å². The minimum absolute atomic E-state index is 0.0800. The number of anilines is 1. The summed E-state index contributed by atoms with van der Waals surface area (Å²) in [7, 11) is 0. The standard InChI is InChI=1S/C28H29N3O5/c32-18-19-8-10-21(11-9-19)31-15-12-22(23(33)17-31)29-27(35)28(13-4-1-5-14-28)30-26(34)25-16-20-6-2-3-7-24(20)36-25/h2-3,6-11,16,18,22H,1,4-5,12-15,17H2,(H,29,35)(H,30,34). The number of Topliss-reactive ketones (excluding diaryl/α,β-unsaturated/α-hetero) is 1. The van der Waals surface area contributed by atoms with E-state index in [1.807, 2.05) is 35.2 Å². The van der Waals surface area contributed by atoms with Crippen molar-refractivity contribution in [3.05, 3.63) is 65.9 Å². The van der Waals surface area contributed by atoms with Crippen LogP contribution in [0.1, 0.15) is 59.4 Å². The molecule has 2 N–H and O–H groups in total. The quantitative estimate of drug-likeness (QED) is 0.514. The average molecular weight is 488 g/mol. The Morgan fingerprint density at radius 3 is 2.47 bits per heavy atom. The van der Waals surface area contributed by atoms with Gasteiger partial charge in [-0.15, -0.1) is 0 Å². The van der Waals surface area contributed by atoms with Crippen molar-refractivity contribution in [1.82, 2.24) is 10.6 Å². The fraction of sp³-hybridized carbons (Fsp3) is 0.357. The molecule has 186 valence electrons. The molecule has 8 nitrogen and oxygen atoms in total. The molecule has 0 spiro atoms. The number of fused-ring (bicyclic) bond motifs is 1. The first-order valence-corrected chi connectivity index (χ1v) is 12.4. The van der Waals surface area contributed by atoms with E-state index in [1.165, 1.54) is 0 Å². The maximum absolute atomic E-state index is 13.5. The van der Waals surface area contributed by atoms with Crippen LogP contribution in [0.15, 0.2) is 59.0 Å². The summed E-state index contributed by atoms with van der Waals surface area (Å²) in [6, 6.07) is 15.5. The van der Waals surface area contributed by atoms with E-state index in [0.717, 1.165) is 36.6 Å². The summed E-state index contributed by atoms with van der Waals surface area (Å²) in [5.41, 5.74) is 0.981. The van der Waals surface area contributed by atoms with Crippen LogP contribution in [0, 0.1) is 0 Å². The zero-order chi connectivity index (χ0) is 25.1. The molecule has 1 aliphatic heterocycles. The molecule has 1 unspecified atom stereocenters. The molecule has 3 aromatic rings. The number of benzene rings is 2. The Hall–Kier alpha value is -3.94. The lowest BCUT2D eigenvalue weighted by molar-refractivity contribution is -0.133. The lowest BCUT2D eigenvalue weighted by Gasteiger charge is -2.39. The Morgan fingerprint density at radius 2 is 1.78 bits per heavy atom. The second-order valence-corrected chi connectivity index (χ2v) is 9.66. The van der Waals surface area contributed by atoms with Crippen LogP contribution >= 0.6 is 0 Å². The molecule has 36 heavy (non-hydrogen) atoms. The number of aldehydes is 1. The van der Waals surface area contributed by atoms with E-state index in [1.54, 1.807) is 24.3 Å². The number of carbonyl (C=O) groups excluding carboxylic acids is 4. The Morgan fingerprint density at radius 1 is 1.03 bits per heavy atom. The number of carbonyl (C=O) groups is 4. The van der Waals surface area contributed by atoms with E-state index < -0.39 is 17.5 Å². The van der Waals surface area contributed by atoms with Gasteiger partial charge >= 0.3 is 0 Å². The number of ketones is 1. The Bertz CT molecular complexity index is 1260. The third kappa shape index (κ3) is 4.76. The first kappa shape index (κ1) is 23.8. The van der Waals surface area contributed by atoms with Gasteiger partial charge in [0, 0.05) is 23.2 Å². The number of furan rings is 1. The molecule has 2 aromatic carbocycles. The van der Waals surface area contributed by atoms with E-state index in [-0.39, 0.29) is 24.0 Å². The summed E-state index contributed by atoms with van der Waals surface area (Å²) >= 11 is 0. The highest BCUT2D eigenvalue weighted by Gasteiger charge is 2.43. The third-order valence-corrected chi connectivity index (χ3v) is 7.27. The number of hydrogen-bond donors (Lipinski definition) is 2. The van der Waals surface area contributed by atoms with Gasteiger partial charge in [-0.25, -0.2) is 0 Å². The molecule has 2 amide bonds. The van der Waals surface area contributed by atoms with Crippen LogP contribution < -0.4 is 15.5 Å². The van der Waals surface area contributed by atoms with Crippen LogP contribution in [0.2, 0.25) is 0 Å². The number of rotatable bonds is 6. The highest BCUT2D eigenvalue weighted by molar-refractivity contribution is 6.01. The Kier molecular flexibility index (Phi) is 6.59. The van der Waals surface area contributed by atoms with Gasteiger partial charge in [0.1, 0.15) is 17.4 Å². The summed E-state index contributed by atoms with van der Waals surface area (Å²) in [4.78, 5) is 52.4. The third-order valence-electron chi connectivity index (χ3n) is 7.27. The number of nitrogens with zero attached hydrogens (tertiary/aromatic N) is 1. The summed E-state index contributed by atoms with van der Waals surface area (Å²) in [5, 5.41) is 6.73. The van der Waals surface area contributed by atoms with E-state index >= 15 is 0 Å². The van der Waals surface area contributed by atoms with Crippen molar-refractivity contribution < 1.29 is 23.6 Å². The van der Waals surface area contributed by atoms with Crippen LogP contribution in [0.3, 0.4) is 0 Å². The van der Waals surface area contributed by atoms with Crippen molar-refractivity contribution >= 4 is 40.5 Å². The Labute approximate surface area is 209 Å². The fourth-order valence-corrected chi connectivity index (χ4v) is 5.19.